The van der Waals surface area contributed by atoms with Gasteiger partial charge in [-0.05, 0) is 15.9 Å². The summed E-state index contributed by atoms with van der Waals surface area (Å²) in [6, 6.07) is 0. The summed E-state index contributed by atoms with van der Waals surface area (Å²) in [7, 11) is 0. The highest BCUT2D eigenvalue weighted by atomic mass is 79.9. The Balaban J connectivity index is 5.19. The van der Waals surface area contributed by atoms with Crippen molar-refractivity contribution in [1.29, 1.82) is 0 Å². The first-order valence-corrected chi connectivity index (χ1v) is 6.06. The molecule has 0 aliphatic rings. The van der Waals surface area contributed by atoms with E-state index in [-0.39, 0.29) is 6.42 Å². The molecule has 4 atom stereocenters. The minimum absolute atomic E-state index is 0.0719. The van der Waals surface area contributed by atoms with Crippen LogP contribution in [0.3, 0.4) is 0 Å². The average molecular weight is 329 g/mol. The zero-order valence-electron chi connectivity index (χ0n) is 10.0. The standard InChI is InChI=1S/C10H17BrO7/c1-3-7(15)10(11,18-5(2)13)9(17)8(16)6(14)4-12/h6,8-9,12,14,16-17H,3-4H2,1-2H3/t6-,8+,9+,10+/m1/s1. The van der Waals surface area contributed by atoms with Crippen LogP contribution in [-0.2, 0) is 14.3 Å². The van der Waals surface area contributed by atoms with Crippen molar-refractivity contribution in [2.75, 3.05) is 6.61 Å². The SMILES string of the molecule is CCC(=O)[C@](Br)(OC(C)=O)[C@@H](O)[C@@H](O)[C@H](O)CO. The molecule has 106 valence electrons. The molecule has 7 nitrogen and oxygen atoms in total. The van der Waals surface area contributed by atoms with E-state index in [0.717, 1.165) is 6.92 Å². The van der Waals surface area contributed by atoms with E-state index >= 15 is 0 Å². The Bertz CT molecular complexity index is 309. The van der Waals surface area contributed by atoms with E-state index in [1.807, 2.05) is 0 Å². The molecule has 0 radical (unpaired) electrons. The van der Waals surface area contributed by atoms with Crippen molar-refractivity contribution in [1.82, 2.24) is 0 Å². The Morgan fingerprint density at radius 1 is 1.33 bits per heavy atom. The first kappa shape index (κ1) is 17.5. The zero-order chi connectivity index (χ0) is 14.5. The number of ketones is 1. The van der Waals surface area contributed by atoms with E-state index in [9.17, 15) is 24.9 Å². The van der Waals surface area contributed by atoms with Crippen LogP contribution in [0.2, 0.25) is 0 Å². The lowest BCUT2D eigenvalue weighted by atomic mass is 9.99. The second kappa shape index (κ2) is 7.15. The largest absolute Gasteiger partial charge is 0.437 e. The molecule has 0 aliphatic heterocycles. The number of aliphatic hydroxyl groups excluding tert-OH is 4. The van der Waals surface area contributed by atoms with Gasteiger partial charge in [-0.3, -0.25) is 9.59 Å². The average Bonchev–Trinajstić information content (AvgIpc) is 2.33. The Labute approximate surface area is 113 Å². The summed E-state index contributed by atoms with van der Waals surface area (Å²) in [5, 5.41) is 37.3. The van der Waals surface area contributed by atoms with Crippen LogP contribution in [0.15, 0.2) is 0 Å². The fourth-order valence-corrected chi connectivity index (χ4v) is 2.05. The second-order valence-electron chi connectivity index (χ2n) is 3.70. The first-order chi connectivity index (χ1) is 8.20. The fraction of sp³-hybridized carbons (Fsp3) is 0.800. The third-order valence-electron chi connectivity index (χ3n) is 2.28. The molecule has 8 heteroatoms. The molecule has 0 fully saturated rings. The van der Waals surface area contributed by atoms with Crippen LogP contribution in [0.25, 0.3) is 0 Å². The quantitative estimate of drug-likeness (QED) is 0.338. The van der Waals surface area contributed by atoms with E-state index in [4.69, 9.17) is 9.84 Å². The predicted octanol–water partition coefficient (Wildman–Crippen LogP) is -1.31. The molecule has 0 aromatic rings. The smallest absolute Gasteiger partial charge is 0.304 e. The number of rotatable bonds is 7. The van der Waals surface area contributed by atoms with Gasteiger partial charge >= 0.3 is 5.97 Å². The van der Waals surface area contributed by atoms with Crippen LogP contribution in [0.4, 0.5) is 0 Å². The molecule has 0 bridgehead atoms. The maximum absolute atomic E-state index is 11.7. The van der Waals surface area contributed by atoms with Gasteiger partial charge in [0.1, 0.15) is 18.3 Å². The monoisotopic (exact) mass is 328 g/mol. The molecule has 0 rings (SSSR count). The molecule has 4 N–H and O–H groups in total. The Kier molecular flexibility index (Phi) is 6.93. The highest BCUT2D eigenvalue weighted by molar-refractivity contribution is 9.10. The molecule has 0 saturated carbocycles. The number of carbonyl (C=O) groups is 2. The third kappa shape index (κ3) is 3.99. The van der Waals surface area contributed by atoms with Crippen LogP contribution >= 0.6 is 15.9 Å². The maximum atomic E-state index is 11.7. The molecular formula is C10H17BrO7. The number of aliphatic hydroxyl groups is 4. The van der Waals surface area contributed by atoms with E-state index < -0.39 is 41.2 Å². The molecule has 0 aliphatic carbocycles. The normalized spacial score (nSPS) is 19.5. The Hall–Kier alpha value is -0.540. The topological polar surface area (TPSA) is 124 Å². The van der Waals surface area contributed by atoms with Gasteiger partial charge in [0.25, 0.3) is 4.51 Å². The van der Waals surface area contributed by atoms with Gasteiger partial charge in [-0.15, -0.1) is 0 Å². The minimum Gasteiger partial charge on any atom is -0.437 e. The van der Waals surface area contributed by atoms with Crippen LogP contribution in [-0.4, -0.2) is 61.6 Å². The molecule has 0 heterocycles. The van der Waals surface area contributed by atoms with Gasteiger partial charge in [0, 0.05) is 13.3 Å². The lowest BCUT2D eigenvalue weighted by Gasteiger charge is -2.34. The van der Waals surface area contributed by atoms with Crippen molar-refractivity contribution in [3.63, 3.8) is 0 Å². The molecule has 0 aromatic heterocycles. The number of hydrogen-bond donors (Lipinski definition) is 4. The number of carbonyl (C=O) groups excluding carboxylic acids is 2. The van der Waals surface area contributed by atoms with Crippen molar-refractivity contribution in [3.05, 3.63) is 0 Å². The molecule has 0 unspecified atom stereocenters. The lowest BCUT2D eigenvalue weighted by Crippen LogP contribution is -2.56. The fourth-order valence-electron chi connectivity index (χ4n) is 1.27. The van der Waals surface area contributed by atoms with Gasteiger partial charge in [-0.1, -0.05) is 6.92 Å². The summed E-state index contributed by atoms with van der Waals surface area (Å²) in [5.41, 5.74) is 0. The van der Waals surface area contributed by atoms with E-state index in [2.05, 4.69) is 15.9 Å². The van der Waals surface area contributed by atoms with E-state index in [1.165, 1.54) is 6.92 Å². The summed E-state index contributed by atoms with van der Waals surface area (Å²) < 4.78 is 2.54. The maximum Gasteiger partial charge on any atom is 0.304 e. The lowest BCUT2D eigenvalue weighted by molar-refractivity contribution is -0.176. The van der Waals surface area contributed by atoms with Gasteiger partial charge in [-0.2, -0.15) is 0 Å². The zero-order valence-corrected chi connectivity index (χ0v) is 11.6. The van der Waals surface area contributed by atoms with Crippen molar-refractivity contribution in [3.8, 4) is 0 Å². The number of Topliss-reactive ketones (excluding diaryl/α,β-unsaturated/α-hetero) is 1. The summed E-state index contributed by atoms with van der Waals surface area (Å²) in [6.07, 6.45) is -5.52. The number of esters is 1. The second-order valence-corrected chi connectivity index (χ2v) is 4.88. The van der Waals surface area contributed by atoms with Crippen LogP contribution in [0.1, 0.15) is 20.3 Å². The molecule has 0 amide bonds. The number of hydrogen-bond acceptors (Lipinski definition) is 7. The molecule has 0 saturated heterocycles. The van der Waals surface area contributed by atoms with Gasteiger partial charge < -0.3 is 25.2 Å². The van der Waals surface area contributed by atoms with Gasteiger partial charge in [0.05, 0.1) is 6.61 Å². The molecule has 0 aromatic carbocycles. The molecular weight excluding hydrogens is 312 g/mol. The summed E-state index contributed by atoms with van der Waals surface area (Å²) >= 11 is 2.78. The van der Waals surface area contributed by atoms with Gasteiger partial charge in [0.2, 0.25) is 0 Å². The minimum atomic E-state index is -2.15. The van der Waals surface area contributed by atoms with E-state index in [1.54, 1.807) is 0 Å². The van der Waals surface area contributed by atoms with Crippen LogP contribution < -0.4 is 0 Å². The van der Waals surface area contributed by atoms with Gasteiger partial charge in [0.15, 0.2) is 5.78 Å². The summed E-state index contributed by atoms with van der Waals surface area (Å²) in [6.45, 7) is 1.69. The van der Waals surface area contributed by atoms with Crippen molar-refractivity contribution < 1.29 is 34.8 Å². The molecule has 0 spiro atoms. The van der Waals surface area contributed by atoms with Crippen molar-refractivity contribution >= 4 is 27.7 Å². The van der Waals surface area contributed by atoms with Crippen LogP contribution in [0, 0.1) is 0 Å². The van der Waals surface area contributed by atoms with Crippen molar-refractivity contribution in [2.45, 2.75) is 43.1 Å². The highest BCUT2D eigenvalue weighted by Gasteiger charge is 2.49. The first-order valence-electron chi connectivity index (χ1n) is 5.27. The third-order valence-corrected chi connectivity index (χ3v) is 3.35. The number of ether oxygens (including phenoxy) is 1. The Morgan fingerprint density at radius 2 is 1.83 bits per heavy atom. The van der Waals surface area contributed by atoms with Crippen molar-refractivity contribution in [2.24, 2.45) is 0 Å². The van der Waals surface area contributed by atoms with Crippen LogP contribution in [0.5, 0.6) is 0 Å². The number of halogens is 1. The summed E-state index contributed by atoms with van der Waals surface area (Å²) in [5.74, 6) is -1.53. The predicted molar refractivity (Wildman–Crippen MR) is 63.8 cm³/mol. The molecule has 18 heavy (non-hydrogen) atoms. The Morgan fingerprint density at radius 3 is 2.17 bits per heavy atom. The van der Waals surface area contributed by atoms with Gasteiger partial charge in [-0.25, -0.2) is 0 Å². The highest BCUT2D eigenvalue weighted by Crippen LogP contribution is 2.30. The summed E-state index contributed by atoms with van der Waals surface area (Å²) in [4.78, 5) is 22.6. The number of alkyl halides is 1. The van der Waals surface area contributed by atoms with E-state index in [0.29, 0.717) is 0 Å².